The minimum Gasteiger partial charge on any atom is -0.456 e. The standard InChI is InChI=1S/C63H47N3O/c1-63(2)57-27-15-12-24-51(57)52-33-31-47(40-58(52)63)64(44-18-6-3-7-19-44)49-36-43(42-30-35-60-56(38-42)53-25-13-16-28-59(53)66(60)46-22-10-5-11-23-46)37-50(39-49)65(45-20-8-4-9-21-45)48-32-34-55-54-26-14-17-29-61(54)67-62(55)41-48/h3-36,38-41,43H,37H2,1-2H3. The molecule has 0 bridgehead atoms. The number of nitrogens with zero attached hydrogens (tertiary/aromatic N) is 3. The first-order chi connectivity index (χ1) is 33.0. The lowest BCUT2D eigenvalue weighted by molar-refractivity contribution is 0.660. The van der Waals surface area contributed by atoms with E-state index in [0.29, 0.717) is 0 Å². The molecule has 0 spiro atoms. The van der Waals surface area contributed by atoms with Gasteiger partial charge in [0.15, 0.2) is 0 Å². The van der Waals surface area contributed by atoms with Gasteiger partial charge in [-0.05, 0) is 125 Å². The predicted molar refractivity (Wildman–Crippen MR) is 279 cm³/mol. The second-order valence-corrected chi connectivity index (χ2v) is 18.5. The predicted octanol–water partition coefficient (Wildman–Crippen LogP) is 16.9. The molecule has 2 aliphatic rings. The summed E-state index contributed by atoms with van der Waals surface area (Å²) in [4.78, 5) is 4.91. The van der Waals surface area contributed by atoms with Crippen LogP contribution in [0.2, 0.25) is 0 Å². The van der Waals surface area contributed by atoms with Crippen molar-refractivity contribution in [1.29, 1.82) is 0 Å². The van der Waals surface area contributed by atoms with Crippen LogP contribution in [0.5, 0.6) is 0 Å². The van der Waals surface area contributed by atoms with E-state index in [1.807, 2.05) is 6.07 Å². The van der Waals surface area contributed by atoms with E-state index in [1.54, 1.807) is 0 Å². The maximum absolute atomic E-state index is 6.55. The summed E-state index contributed by atoms with van der Waals surface area (Å²) in [5.41, 5.74) is 18.5. The first-order valence-electron chi connectivity index (χ1n) is 23.3. The van der Waals surface area contributed by atoms with Gasteiger partial charge in [-0.25, -0.2) is 0 Å². The smallest absolute Gasteiger partial charge is 0.137 e. The summed E-state index contributed by atoms with van der Waals surface area (Å²) in [5.74, 6) is 0.0284. The highest BCUT2D eigenvalue weighted by molar-refractivity contribution is 6.10. The third kappa shape index (κ3) is 6.35. The Bertz CT molecular complexity index is 3760. The van der Waals surface area contributed by atoms with Crippen LogP contribution in [0, 0.1) is 0 Å². The van der Waals surface area contributed by atoms with Gasteiger partial charge in [-0.3, -0.25) is 0 Å². The number of hydrogen-bond acceptors (Lipinski definition) is 3. The van der Waals surface area contributed by atoms with Crippen molar-refractivity contribution < 1.29 is 4.42 Å². The van der Waals surface area contributed by atoms with Crippen molar-refractivity contribution in [2.45, 2.75) is 31.6 Å². The fourth-order valence-electron chi connectivity index (χ4n) is 11.1. The van der Waals surface area contributed by atoms with E-state index in [4.69, 9.17) is 4.42 Å². The molecule has 11 aromatic rings. The zero-order valence-electron chi connectivity index (χ0n) is 37.5. The van der Waals surface area contributed by atoms with Gasteiger partial charge >= 0.3 is 0 Å². The summed E-state index contributed by atoms with van der Waals surface area (Å²) in [6.45, 7) is 4.73. The maximum Gasteiger partial charge on any atom is 0.137 e. The zero-order chi connectivity index (χ0) is 44.6. The fourth-order valence-corrected chi connectivity index (χ4v) is 11.1. The van der Waals surface area contributed by atoms with Gasteiger partial charge in [0.25, 0.3) is 0 Å². The van der Waals surface area contributed by atoms with Gasteiger partial charge in [0.2, 0.25) is 0 Å². The molecule has 0 aliphatic heterocycles. The van der Waals surface area contributed by atoms with Gasteiger partial charge < -0.3 is 18.8 Å². The Morgan fingerprint density at radius 3 is 1.88 bits per heavy atom. The molecule has 2 aromatic heterocycles. The summed E-state index contributed by atoms with van der Waals surface area (Å²) < 4.78 is 8.95. The molecule has 4 nitrogen and oxygen atoms in total. The molecule has 0 saturated heterocycles. The Balaban J connectivity index is 1.03. The minimum atomic E-state index is -0.150. The molecule has 9 aromatic carbocycles. The van der Waals surface area contributed by atoms with E-state index in [1.165, 1.54) is 55.3 Å². The van der Waals surface area contributed by atoms with E-state index in [0.717, 1.165) is 62.5 Å². The molecule has 0 radical (unpaired) electrons. The Labute approximate surface area is 390 Å². The topological polar surface area (TPSA) is 24.6 Å². The van der Waals surface area contributed by atoms with Crippen LogP contribution in [0.25, 0.3) is 60.6 Å². The number of allylic oxidation sites excluding steroid dienone is 3. The van der Waals surface area contributed by atoms with Gasteiger partial charge in [0, 0.05) is 78.8 Å². The molecule has 0 amide bonds. The van der Waals surface area contributed by atoms with Crippen molar-refractivity contribution in [3.8, 4) is 16.8 Å². The zero-order valence-corrected chi connectivity index (χ0v) is 37.5. The summed E-state index contributed by atoms with van der Waals surface area (Å²) in [7, 11) is 0. The van der Waals surface area contributed by atoms with E-state index in [2.05, 4.69) is 253 Å². The third-order valence-corrected chi connectivity index (χ3v) is 14.3. The molecule has 0 saturated carbocycles. The highest BCUT2D eigenvalue weighted by atomic mass is 16.3. The lowest BCUT2D eigenvalue weighted by atomic mass is 9.82. The first-order valence-corrected chi connectivity index (χ1v) is 23.3. The van der Waals surface area contributed by atoms with Crippen molar-refractivity contribution >= 4 is 66.5 Å². The molecule has 1 atom stereocenters. The molecule has 320 valence electrons. The van der Waals surface area contributed by atoms with Gasteiger partial charge in [-0.2, -0.15) is 0 Å². The van der Waals surface area contributed by atoms with E-state index < -0.39 is 0 Å². The van der Waals surface area contributed by atoms with Crippen LogP contribution in [0.3, 0.4) is 0 Å². The molecular formula is C63H47N3O. The van der Waals surface area contributed by atoms with Gasteiger partial charge in [-0.1, -0.05) is 147 Å². The van der Waals surface area contributed by atoms with E-state index >= 15 is 0 Å². The molecule has 13 rings (SSSR count). The summed E-state index contributed by atoms with van der Waals surface area (Å²) >= 11 is 0. The molecule has 67 heavy (non-hydrogen) atoms. The van der Waals surface area contributed by atoms with Crippen molar-refractivity contribution in [2.24, 2.45) is 0 Å². The van der Waals surface area contributed by atoms with Crippen LogP contribution >= 0.6 is 0 Å². The number of anilines is 4. The first kappa shape index (κ1) is 39.1. The number of fused-ring (bicyclic) bond motifs is 9. The van der Waals surface area contributed by atoms with Crippen LogP contribution in [0.4, 0.5) is 22.7 Å². The monoisotopic (exact) mass is 861 g/mol. The van der Waals surface area contributed by atoms with Crippen LogP contribution in [-0.2, 0) is 5.41 Å². The van der Waals surface area contributed by atoms with Crippen molar-refractivity contribution in [3.63, 3.8) is 0 Å². The van der Waals surface area contributed by atoms with Crippen molar-refractivity contribution in [2.75, 3.05) is 9.80 Å². The lowest BCUT2D eigenvalue weighted by Crippen LogP contribution is -2.25. The lowest BCUT2D eigenvalue weighted by Gasteiger charge is -2.36. The number of para-hydroxylation sites is 5. The number of benzene rings is 9. The number of rotatable bonds is 8. The van der Waals surface area contributed by atoms with E-state index in [-0.39, 0.29) is 11.3 Å². The van der Waals surface area contributed by atoms with Crippen molar-refractivity contribution in [1.82, 2.24) is 4.57 Å². The summed E-state index contributed by atoms with van der Waals surface area (Å²) in [6.07, 6.45) is 5.70. The quantitative estimate of drug-likeness (QED) is 0.152. The SMILES string of the molecule is CC1(C)c2ccccc2-c2ccc(N(C3=CC(c4ccc5c(c4)c4ccccc4n5-c4ccccc4)CC(N(c4ccccc4)c4ccc5c(c4)oc4ccccc45)=C3)c3ccccc3)cc21. The molecule has 0 N–H and O–H groups in total. The fraction of sp³-hybridized carbons (Fsp3) is 0.0794. The van der Waals surface area contributed by atoms with Gasteiger partial charge in [-0.15, -0.1) is 0 Å². The molecule has 2 heterocycles. The minimum absolute atomic E-state index is 0.0284. The highest BCUT2D eigenvalue weighted by Crippen LogP contribution is 2.51. The number of aromatic nitrogens is 1. The maximum atomic E-state index is 6.55. The number of hydrogen-bond donors (Lipinski definition) is 0. The Hall–Kier alpha value is -8.34. The third-order valence-electron chi connectivity index (χ3n) is 14.3. The second-order valence-electron chi connectivity index (χ2n) is 18.5. The molecule has 0 fully saturated rings. The van der Waals surface area contributed by atoms with Crippen LogP contribution in [0.15, 0.2) is 246 Å². The molecule has 1 unspecified atom stereocenters. The summed E-state index contributed by atoms with van der Waals surface area (Å²) in [6, 6.07) is 79.4. The average molecular weight is 862 g/mol. The molecular weight excluding hydrogens is 815 g/mol. The average Bonchev–Trinajstić information content (AvgIpc) is 3.99. The van der Waals surface area contributed by atoms with E-state index in [9.17, 15) is 0 Å². The van der Waals surface area contributed by atoms with Crippen LogP contribution in [-0.4, -0.2) is 4.57 Å². The molecule has 2 aliphatic carbocycles. The Morgan fingerprint density at radius 1 is 0.463 bits per heavy atom. The second kappa shape index (κ2) is 15.4. The van der Waals surface area contributed by atoms with Crippen molar-refractivity contribution in [3.05, 3.63) is 259 Å². The van der Waals surface area contributed by atoms with Gasteiger partial charge in [0.05, 0.1) is 11.0 Å². The normalized spacial score (nSPS) is 15.1. The Kier molecular flexibility index (Phi) is 8.97. The van der Waals surface area contributed by atoms with Crippen LogP contribution < -0.4 is 9.80 Å². The molecule has 4 heteroatoms. The van der Waals surface area contributed by atoms with Crippen LogP contribution in [0.1, 0.15) is 42.9 Å². The Morgan fingerprint density at radius 2 is 1.07 bits per heavy atom. The number of furan rings is 1. The largest absolute Gasteiger partial charge is 0.456 e. The summed E-state index contributed by atoms with van der Waals surface area (Å²) in [5, 5.41) is 4.74. The van der Waals surface area contributed by atoms with Gasteiger partial charge in [0.1, 0.15) is 11.2 Å². The highest BCUT2D eigenvalue weighted by Gasteiger charge is 2.36.